The van der Waals surface area contributed by atoms with Gasteiger partial charge in [0, 0.05) is 39.3 Å². The number of ketones is 2. The predicted octanol–water partition coefficient (Wildman–Crippen LogP) is 12.6. The van der Waals surface area contributed by atoms with Crippen molar-refractivity contribution in [3.63, 3.8) is 0 Å². The van der Waals surface area contributed by atoms with E-state index >= 15 is 0 Å². The molecule has 0 aromatic heterocycles. The smallest absolute Gasteiger partial charge is 0.193 e. The molecule has 8 aromatic carbocycles. The summed E-state index contributed by atoms with van der Waals surface area (Å²) in [6, 6.07) is 64.1. The number of hydrogen-bond acceptors (Lipinski definition) is 3. The average molecular weight is 720 g/mol. The van der Waals surface area contributed by atoms with Crippen LogP contribution in [0.25, 0.3) is 22.3 Å². The topological polar surface area (TPSA) is 37.4 Å². The fourth-order valence-electron chi connectivity index (χ4n) is 8.94. The van der Waals surface area contributed by atoms with Crippen LogP contribution in [0.15, 0.2) is 188 Å². The molecule has 10 rings (SSSR count). The van der Waals surface area contributed by atoms with Crippen LogP contribution in [0.1, 0.15) is 65.2 Å². The maximum Gasteiger partial charge on any atom is 0.193 e. The van der Waals surface area contributed by atoms with Gasteiger partial charge in [0.05, 0.1) is 5.41 Å². The third-order valence-electron chi connectivity index (χ3n) is 11.6. The minimum absolute atomic E-state index is 0.0235. The van der Waals surface area contributed by atoms with E-state index in [0.29, 0.717) is 22.3 Å². The normalized spacial score (nSPS) is 14.5. The zero-order valence-electron chi connectivity index (χ0n) is 31.2. The molecule has 1 atom stereocenters. The Labute approximate surface area is 327 Å². The first-order chi connectivity index (χ1) is 27.4. The Hall–Kier alpha value is -7.10. The van der Waals surface area contributed by atoms with Crippen molar-refractivity contribution in [2.75, 3.05) is 4.90 Å². The van der Waals surface area contributed by atoms with Crippen LogP contribution < -0.4 is 4.90 Å². The SMILES string of the molecule is Cc1ccc(N(c2ccc(C)cc2)c2ccc3c(c2)C2(c4ccccc4-c4ccc(C(=O)c5ccccc5)cc42)c2cc(C(=O)c4ccccc4)ccc2-3)cc1. The van der Waals surface area contributed by atoms with Gasteiger partial charge in [-0.25, -0.2) is 0 Å². The summed E-state index contributed by atoms with van der Waals surface area (Å²) in [6.45, 7) is 4.22. The summed E-state index contributed by atoms with van der Waals surface area (Å²) in [4.78, 5) is 30.7. The van der Waals surface area contributed by atoms with Crippen molar-refractivity contribution in [1.82, 2.24) is 0 Å². The van der Waals surface area contributed by atoms with Gasteiger partial charge in [0.1, 0.15) is 0 Å². The van der Waals surface area contributed by atoms with Crippen LogP contribution in [0, 0.1) is 13.8 Å². The molecule has 0 saturated heterocycles. The van der Waals surface area contributed by atoms with Crippen molar-refractivity contribution >= 4 is 28.6 Å². The van der Waals surface area contributed by atoms with E-state index in [1.54, 1.807) is 0 Å². The minimum Gasteiger partial charge on any atom is -0.310 e. The van der Waals surface area contributed by atoms with Gasteiger partial charge < -0.3 is 4.90 Å². The second kappa shape index (κ2) is 13.0. The zero-order valence-corrected chi connectivity index (χ0v) is 31.2. The number of nitrogens with zero attached hydrogens (tertiary/aromatic N) is 1. The third kappa shape index (κ3) is 5.12. The van der Waals surface area contributed by atoms with Gasteiger partial charge in [-0.15, -0.1) is 0 Å². The molecule has 56 heavy (non-hydrogen) atoms. The van der Waals surface area contributed by atoms with Crippen molar-refractivity contribution in [1.29, 1.82) is 0 Å². The van der Waals surface area contributed by atoms with E-state index < -0.39 is 5.41 Å². The Kier molecular flexibility index (Phi) is 7.79. The Morgan fingerprint density at radius 1 is 0.357 bits per heavy atom. The first kappa shape index (κ1) is 33.5. The van der Waals surface area contributed by atoms with Crippen LogP contribution in [-0.2, 0) is 5.41 Å². The molecule has 0 fully saturated rings. The Morgan fingerprint density at radius 3 is 1.25 bits per heavy atom. The highest BCUT2D eigenvalue weighted by atomic mass is 16.1. The number of carbonyl (C=O) groups excluding carboxylic acids is 2. The number of rotatable bonds is 7. The molecule has 2 aliphatic carbocycles. The molecular formula is C53H37NO2. The summed E-state index contributed by atoms with van der Waals surface area (Å²) in [7, 11) is 0. The summed E-state index contributed by atoms with van der Waals surface area (Å²) in [6.07, 6.45) is 0. The lowest BCUT2D eigenvalue weighted by molar-refractivity contribution is 0.103. The van der Waals surface area contributed by atoms with Crippen molar-refractivity contribution in [3.05, 3.63) is 244 Å². The molecule has 0 heterocycles. The molecule has 8 aromatic rings. The molecule has 3 nitrogen and oxygen atoms in total. The molecule has 0 N–H and O–H groups in total. The van der Waals surface area contributed by atoms with Crippen molar-refractivity contribution in [2.24, 2.45) is 0 Å². The first-order valence-corrected chi connectivity index (χ1v) is 19.1. The van der Waals surface area contributed by atoms with Crippen LogP contribution in [0.3, 0.4) is 0 Å². The quantitative estimate of drug-likeness (QED) is 0.154. The molecular weight excluding hydrogens is 683 g/mol. The molecule has 3 heteroatoms. The minimum atomic E-state index is -0.807. The zero-order chi connectivity index (χ0) is 38.0. The van der Waals surface area contributed by atoms with Gasteiger partial charge in [0.2, 0.25) is 0 Å². The summed E-state index contributed by atoms with van der Waals surface area (Å²) in [5.41, 5.74) is 16.0. The van der Waals surface area contributed by atoms with Crippen molar-refractivity contribution in [2.45, 2.75) is 19.3 Å². The monoisotopic (exact) mass is 719 g/mol. The average Bonchev–Trinajstić information content (AvgIpc) is 3.71. The number of fused-ring (bicyclic) bond motifs is 10. The fraction of sp³-hybridized carbons (Fsp3) is 0.0566. The van der Waals surface area contributed by atoms with Gasteiger partial charge in [0.15, 0.2) is 11.6 Å². The molecule has 1 spiro atoms. The van der Waals surface area contributed by atoms with Crippen LogP contribution in [0.5, 0.6) is 0 Å². The summed E-state index contributed by atoms with van der Waals surface area (Å²) < 4.78 is 0. The Balaban J connectivity index is 1.26. The number of benzene rings is 8. The second-order valence-corrected chi connectivity index (χ2v) is 14.9. The molecule has 266 valence electrons. The second-order valence-electron chi connectivity index (χ2n) is 14.9. The Bertz CT molecular complexity index is 2730. The number of hydrogen-bond donors (Lipinski definition) is 0. The van der Waals surface area contributed by atoms with E-state index in [1.807, 2.05) is 72.8 Å². The summed E-state index contributed by atoms with van der Waals surface area (Å²) in [5, 5.41) is 0. The number of carbonyl (C=O) groups is 2. The van der Waals surface area contributed by atoms with E-state index in [1.165, 1.54) is 11.1 Å². The molecule has 0 radical (unpaired) electrons. The third-order valence-corrected chi connectivity index (χ3v) is 11.6. The summed E-state index contributed by atoms with van der Waals surface area (Å²) >= 11 is 0. The van der Waals surface area contributed by atoms with Crippen molar-refractivity contribution in [3.8, 4) is 22.3 Å². The molecule has 1 unspecified atom stereocenters. The largest absolute Gasteiger partial charge is 0.310 e. The van der Waals surface area contributed by atoms with Gasteiger partial charge in [0.25, 0.3) is 0 Å². The molecule has 0 bridgehead atoms. The first-order valence-electron chi connectivity index (χ1n) is 19.1. The lowest BCUT2D eigenvalue weighted by Crippen LogP contribution is -2.27. The van der Waals surface area contributed by atoms with Gasteiger partial charge in [-0.2, -0.15) is 0 Å². The van der Waals surface area contributed by atoms with E-state index in [4.69, 9.17) is 0 Å². The summed E-state index contributed by atoms with van der Waals surface area (Å²) in [5.74, 6) is -0.0470. The fourth-order valence-corrected chi connectivity index (χ4v) is 8.94. The molecule has 0 amide bonds. The predicted molar refractivity (Wildman–Crippen MR) is 227 cm³/mol. The van der Waals surface area contributed by atoms with E-state index in [0.717, 1.165) is 61.6 Å². The highest BCUT2D eigenvalue weighted by molar-refractivity contribution is 6.11. The maximum atomic E-state index is 14.2. The standard InChI is InChI=1S/C53H37NO2/c1-34-17-23-40(24-18-34)54(41-25-19-35(2)20-26-41)42-27-30-46-45-29-22-39(52(56)37-13-7-4-8-14-37)32-49(45)53(50(46)33-42)47-16-10-9-15-43(47)44-28-21-38(31-48(44)53)51(55)36-11-5-3-6-12-36/h3-33H,1-2H3. The van der Waals surface area contributed by atoms with Crippen LogP contribution in [0.4, 0.5) is 17.1 Å². The lowest BCUT2D eigenvalue weighted by Gasteiger charge is -2.32. The van der Waals surface area contributed by atoms with Crippen LogP contribution in [0.2, 0.25) is 0 Å². The number of aryl methyl sites for hydroxylation is 2. The van der Waals surface area contributed by atoms with E-state index in [9.17, 15) is 9.59 Å². The highest BCUT2D eigenvalue weighted by Crippen LogP contribution is 2.63. The lowest BCUT2D eigenvalue weighted by atomic mass is 9.69. The van der Waals surface area contributed by atoms with Crippen LogP contribution >= 0.6 is 0 Å². The van der Waals surface area contributed by atoms with Gasteiger partial charge in [-0.05, 0) is 107 Å². The van der Waals surface area contributed by atoms with E-state index in [-0.39, 0.29) is 11.6 Å². The van der Waals surface area contributed by atoms with E-state index in [2.05, 4.69) is 134 Å². The number of anilines is 3. The molecule has 0 aliphatic heterocycles. The van der Waals surface area contributed by atoms with Crippen molar-refractivity contribution < 1.29 is 9.59 Å². The van der Waals surface area contributed by atoms with Crippen LogP contribution in [-0.4, -0.2) is 11.6 Å². The molecule has 0 saturated carbocycles. The Morgan fingerprint density at radius 2 is 0.750 bits per heavy atom. The molecule has 2 aliphatic rings. The maximum absolute atomic E-state index is 14.2. The van der Waals surface area contributed by atoms with Gasteiger partial charge in [-0.3, -0.25) is 9.59 Å². The highest BCUT2D eigenvalue weighted by Gasteiger charge is 2.52. The van der Waals surface area contributed by atoms with Gasteiger partial charge >= 0.3 is 0 Å². The van der Waals surface area contributed by atoms with Gasteiger partial charge in [-0.1, -0.05) is 151 Å².